The lowest BCUT2D eigenvalue weighted by molar-refractivity contribution is 0.315. The molecule has 0 aliphatic carbocycles. The van der Waals surface area contributed by atoms with Gasteiger partial charge in [-0.1, -0.05) is 37.3 Å². The van der Waals surface area contributed by atoms with E-state index in [1.54, 1.807) is 6.19 Å². The van der Waals surface area contributed by atoms with E-state index in [1.165, 1.54) is 5.56 Å². The van der Waals surface area contributed by atoms with Crippen molar-refractivity contribution in [1.82, 2.24) is 0 Å². The minimum atomic E-state index is 0.305. The quantitative estimate of drug-likeness (QED) is 0.441. The first kappa shape index (κ1) is 12.3. The van der Waals surface area contributed by atoms with Crippen molar-refractivity contribution in [2.75, 3.05) is 6.61 Å². The van der Waals surface area contributed by atoms with E-state index in [1.807, 2.05) is 25.1 Å². The van der Waals surface area contributed by atoms with Crippen LogP contribution in [0.3, 0.4) is 0 Å². The lowest BCUT2D eigenvalue weighted by Crippen LogP contribution is -2.08. The van der Waals surface area contributed by atoms with Crippen LogP contribution in [-0.2, 0) is 4.74 Å². The van der Waals surface area contributed by atoms with Gasteiger partial charge in [-0.05, 0) is 18.4 Å². The summed E-state index contributed by atoms with van der Waals surface area (Å²) in [6.07, 6.45) is 2.43. The zero-order valence-electron chi connectivity index (χ0n) is 9.68. The third-order valence-electron chi connectivity index (χ3n) is 2.34. The monoisotopic (exact) mass is 216 g/mol. The molecular formula is C13H16N2O. The molecule has 1 aromatic rings. The second kappa shape index (κ2) is 6.62. The summed E-state index contributed by atoms with van der Waals surface area (Å²) in [5.41, 5.74) is 1.23. The third-order valence-corrected chi connectivity index (χ3v) is 2.34. The van der Waals surface area contributed by atoms with Crippen LogP contribution in [0, 0.1) is 11.5 Å². The first-order valence-electron chi connectivity index (χ1n) is 5.41. The Hall–Kier alpha value is -1.82. The van der Waals surface area contributed by atoms with Gasteiger partial charge in [-0.15, -0.1) is 4.99 Å². The number of benzene rings is 1. The van der Waals surface area contributed by atoms with Crippen molar-refractivity contribution in [1.29, 1.82) is 5.26 Å². The Labute approximate surface area is 96.4 Å². The molecule has 1 atom stereocenters. The van der Waals surface area contributed by atoms with Gasteiger partial charge in [-0.3, -0.25) is 0 Å². The number of hydrogen-bond acceptors (Lipinski definition) is 3. The number of rotatable bonds is 4. The molecule has 3 heteroatoms. The van der Waals surface area contributed by atoms with Crippen molar-refractivity contribution in [3.05, 3.63) is 35.9 Å². The number of nitriles is 1. The summed E-state index contributed by atoms with van der Waals surface area (Å²) in [5.74, 6) is 0.821. The van der Waals surface area contributed by atoms with Gasteiger partial charge in [-0.25, -0.2) is 0 Å². The summed E-state index contributed by atoms with van der Waals surface area (Å²) in [4.78, 5) is 3.68. The van der Waals surface area contributed by atoms with E-state index in [4.69, 9.17) is 10.00 Å². The Morgan fingerprint density at radius 3 is 2.69 bits per heavy atom. The Bertz CT molecular complexity index is 379. The highest BCUT2D eigenvalue weighted by Gasteiger charge is 2.10. The number of ether oxygens (including phenoxy) is 1. The molecule has 0 radical (unpaired) electrons. The van der Waals surface area contributed by atoms with Crippen LogP contribution in [0.1, 0.15) is 31.7 Å². The highest BCUT2D eigenvalue weighted by Crippen LogP contribution is 2.19. The van der Waals surface area contributed by atoms with E-state index in [0.717, 1.165) is 0 Å². The second-order valence-corrected chi connectivity index (χ2v) is 3.55. The molecule has 0 saturated carbocycles. The molecule has 16 heavy (non-hydrogen) atoms. The van der Waals surface area contributed by atoms with Crippen LogP contribution in [0.5, 0.6) is 0 Å². The summed E-state index contributed by atoms with van der Waals surface area (Å²) >= 11 is 0. The Morgan fingerprint density at radius 1 is 1.44 bits per heavy atom. The molecule has 0 aromatic heterocycles. The molecule has 0 heterocycles. The van der Waals surface area contributed by atoms with Crippen LogP contribution in [0.15, 0.2) is 35.3 Å². The zero-order valence-corrected chi connectivity index (χ0v) is 9.68. The van der Waals surface area contributed by atoms with Gasteiger partial charge in [0.2, 0.25) is 6.19 Å². The van der Waals surface area contributed by atoms with E-state index in [2.05, 4.69) is 24.0 Å². The van der Waals surface area contributed by atoms with Crippen molar-refractivity contribution >= 4 is 5.90 Å². The van der Waals surface area contributed by atoms with Crippen molar-refractivity contribution in [3.63, 3.8) is 0 Å². The van der Waals surface area contributed by atoms with Crippen LogP contribution >= 0.6 is 0 Å². The maximum atomic E-state index is 8.53. The molecule has 3 nitrogen and oxygen atoms in total. The van der Waals surface area contributed by atoms with E-state index < -0.39 is 0 Å². The van der Waals surface area contributed by atoms with Gasteiger partial charge in [0.05, 0.1) is 6.61 Å². The van der Waals surface area contributed by atoms with Crippen molar-refractivity contribution in [3.8, 4) is 6.19 Å². The summed E-state index contributed by atoms with van der Waals surface area (Å²) in [6, 6.07) is 10.1. The molecule has 0 spiro atoms. The van der Waals surface area contributed by atoms with Crippen LogP contribution in [0.4, 0.5) is 0 Å². The summed E-state index contributed by atoms with van der Waals surface area (Å²) in [7, 11) is 0. The molecule has 0 fully saturated rings. The number of nitrogens with zero attached hydrogens (tertiary/aromatic N) is 2. The summed E-state index contributed by atoms with van der Waals surface area (Å²) in [6.45, 7) is 4.53. The first-order valence-corrected chi connectivity index (χ1v) is 5.41. The molecule has 1 rings (SSSR count). The van der Waals surface area contributed by atoms with Gasteiger partial charge in [0, 0.05) is 6.42 Å². The molecule has 0 bridgehead atoms. The smallest absolute Gasteiger partial charge is 0.208 e. The highest BCUT2D eigenvalue weighted by molar-refractivity contribution is 5.77. The number of aliphatic imine (C=N–C) groups is 1. The predicted molar refractivity (Wildman–Crippen MR) is 64.1 cm³/mol. The predicted octanol–water partition coefficient (Wildman–Crippen LogP) is 3.10. The molecular weight excluding hydrogens is 200 g/mol. The fourth-order valence-corrected chi connectivity index (χ4v) is 1.52. The average molecular weight is 216 g/mol. The molecule has 84 valence electrons. The van der Waals surface area contributed by atoms with Crippen molar-refractivity contribution in [2.24, 2.45) is 4.99 Å². The van der Waals surface area contributed by atoms with Crippen molar-refractivity contribution in [2.45, 2.75) is 26.2 Å². The molecule has 0 aliphatic heterocycles. The fraction of sp³-hybridized carbons (Fsp3) is 0.385. The molecule has 0 N–H and O–H groups in total. The van der Waals surface area contributed by atoms with Gasteiger partial charge in [0.15, 0.2) is 5.90 Å². The minimum Gasteiger partial charge on any atom is -0.481 e. The molecule has 0 saturated heterocycles. The van der Waals surface area contributed by atoms with Crippen LogP contribution < -0.4 is 0 Å². The van der Waals surface area contributed by atoms with Gasteiger partial charge in [0.25, 0.3) is 0 Å². The molecule has 1 aromatic carbocycles. The maximum absolute atomic E-state index is 8.53. The standard InChI is InChI=1S/C13H16N2O/c1-3-16-13(15-10-14)9-11(2)12-7-5-4-6-8-12/h4-8,11H,3,9H2,1-2H3/b15-13-. The Morgan fingerprint density at radius 2 is 2.12 bits per heavy atom. The van der Waals surface area contributed by atoms with E-state index >= 15 is 0 Å². The van der Waals surface area contributed by atoms with Crippen LogP contribution in [-0.4, -0.2) is 12.5 Å². The summed E-state index contributed by atoms with van der Waals surface area (Å²) < 4.78 is 5.30. The number of hydrogen-bond donors (Lipinski definition) is 0. The maximum Gasteiger partial charge on any atom is 0.208 e. The van der Waals surface area contributed by atoms with E-state index in [0.29, 0.717) is 24.8 Å². The zero-order chi connectivity index (χ0) is 11.8. The minimum absolute atomic E-state index is 0.305. The van der Waals surface area contributed by atoms with Gasteiger partial charge < -0.3 is 4.74 Å². The van der Waals surface area contributed by atoms with Gasteiger partial charge in [-0.2, -0.15) is 5.26 Å². The Kier molecular flexibility index (Phi) is 5.07. The molecule has 1 unspecified atom stereocenters. The molecule has 0 amide bonds. The third kappa shape index (κ3) is 3.74. The van der Waals surface area contributed by atoms with Crippen LogP contribution in [0.2, 0.25) is 0 Å². The van der Waals surface area contributed by atoms with Gasteiger partial charge in [0.1, 0.15) is 0 Å². The van der Waals surface area contributed by atoms with E-state index in [-0.39, 0.29) is 0 Å². The highest BCUT2D eigenvalue weighted by atomic mass is 16.5. The topological polar surface area (TPSA) is 45.4 Å². The van der Waals surface area contributed by atoms with Crippen molar-refractivity contribution < 1.29 is 4.74 Å². The van der Waals surface area contributed by atoms with Crippen LogP contribution in [0.25, 0.3) is 0 Å². The summed E-state index contributed by atoms with van der Waals surface area (Å²) in [5, 5.41) is 8.53. The first-order chi connectivity index (χ1) is 7.77. The lowest BCUT2D eigenvalue weighted by Gasteiger charge is -2.12. The lowest BCUT2D eigenvalue weighted by atomic mass is 9.98. The molecule has 0 aliphatic rings. The van der Waals surface area contributed by atoms with Gasteiger partial charge >= 0.3 is 0 Å². The Balaban J connectivity index is 2.66. The average Bonchev–Trinajstić information content (AvgIpc) is 2.31. The fourth-order valence-electron chi connectivity index (χ4n) is 1.52. The normalized spacial score (nSPS) is 12.9. The van der Waals surface area contributed by atoms with E-state index in [9.17, 15) is 0 Å². The largest absolute Gasteiger partial charge is 0.481 e. The SMILES string of the molecule is CCO/C(CC(C)c1ccccc1)=N\C#N. The second-order valence-electron chi connectivity index (χ2n) is 3.55.